The maximum absolute atomic E-state index is 11.9. The van der Waals surface area contributed by atoms with Gasteiger partial charge in [0.25, 0.3) is 0 Å². The normalized spacial score (nSPS) is 17.0. The summed E-state index contributed by atoms with van der Waals surface area (Å²) >= 11 is 0. The zero-order valence-electron chi connectivity index (χ0n) is 11.9. The Kier molecular flexibility index (Phi) is 4.56. The molecule has 1 aliphatic carbocycles. The molecule has 1 aromatic carbocycles. The van der Waals surface area contributed by atoms with E-state index in [0.29, 0.717) is 12.3 Å². The fraction of sp³-hybridized carbons (Fsp3) is 0.375. The topological polar surface area (TPSA) is 49.4 Å². The highest BCUT2D eigenvalue weighted by Crippen LogP contribution is 2.22. The summed E-state index contributed by atoms with van der Waals surface area (Å²) in [4.78, 5) is 24.7. The van der Waals surface area contributed by atoms with Gasteiger partial charge in [-0.3, -0.25) is 9.59 Å². The number of anilines is 2. The van der Waals surface area contributed by atoms with Crippen LogP contribution in [0, 0.1) is 5.92 Å². The van der Waals surface area contributed by atoms with Crippen molar-refractivity contribution in [1.29, 1.82) is 0 Å². The number of nitrogens with one attached hydrogen (secondary N) is 1. The number of hydrogen-bond donors (Lipinski definition) is 1. The van der Waals surface area contributed by atoms with Crippen LogP contribution in [0.15, 0.2) is 36.4 Å². The van der Waals surface area contributed by atoms with Gasteiger partial charge < -0.3 is 10.2 Å². The van der Waals surface area contributed by atoms with Gasteiger partial charge in [0.1, 0.15) is 0 Å². The molecular weight excluding hydrogens is 252 g/mol. The minimum atomic E-state index is -0.0187. The number of amides is 2. The summed E-state index contributed by atoms with van der Waals surface area (Å²) in [7, 11) is 1.72. The van der Waals surface area contributed by atoms with Crippen LogP contribution in [0.25, 0.3) is 0 Å². The third kappa shape index (κ3) is 3.70. The molecule has 1 aromatic rings. The van der Waals surface area contributed by atoms with Gasteiger partial charge in [0.2, 0.25) is 11.8 Å². The maximum atomic E-state index is 11.9. The van der Waals surface area contributed by atoms with Gasteiger partial charge in [0, 0.05) is 31.8 Å². The van der Waals surface area contributed by atoms with Crippen LogP contribution in [0.1, 0.15) is 26.2 Å². The number of carbonyl (C=O) groups excluding carboxylic acids is 2. The Balaban J connectivity index is 1.91. The lowest BCUT2D eigenvalue weighted by Gasteiger charge is -2.15. The van der Waals surface area contributed by atoms with E-state index in [1.165, 1.54) is 6.92 Å². The van der Waals surface area contributed by atoms with Crippen molar-refractivity contribution in [2.45, 2.75) is 26.2 Å². The largest absolute Gasteiger partial charge is 0.326 e. The van der Waals surface area contributed by atoms with E-state index in [9.17, 15) is 9.59 Å². The lowest BCUT2D eigenvalue weighted by atomic mass is 10.1. The molecule has 0 aromatic heterocycles. The highest BCUT2D eigenvalue weighted by atomic mass is 16.2. The molecule has 106 valence electrons. The standard InChI is InChI=1S/C16H20N2O2/c1-12(19)18(2)15-9-7-14(8-10-15)17-16(20)11-13-5-3-4-6-13/h3,5,7-10,13H,4,6,11H2,1-2H3,(H,17,20)/t13-/m0/s1. The zero-order chi connectivity index (χ0) is 14.5. The fourth-order valence-electron chi connectivity index (χ4n) is 2.27. The third-order valence-corrected chi connectivity index (χ3v) is 3.57. The molecule has 1 atom stereocenters. The minimum absolute atomic E-state index is 0.0187. The van der Waals surface area contributed by atoms with Gasteiger partial charge in [0.15, 0.2) is 0 Å². The Hall–Kier alpha value is -2.10. The number of hydrogen-bond acceptors (Lipinski definition) is 2. The van der Waals surface area contributed by atoms with Gasteiger partial charge in [-0.2, -0.15) is 0 Å². The van der Waals surface area contributed by atoms with Gasteiger partial charge in [-0.1, -0.05) is 12.2 Å². The summed E-state index contributed by atoms with van der Waals surface area (Å²) in [5.41, 5.74) is 1.58. The van der Waals surface area contributed by atoms with Crippen LogP contribution in [0.3, 0.4) is 0 Å². The van der Waals surface area contributed by atoms with Crippen LogP contribution in [0.5, 0.6) is 0 Å². The SMILES string of the molecule is CC(=O)N(C)c1ccc(NC(=O)C[C@H]2C=CCC2)cc1. The van der Waals surface area contributed by atoms with Crippen molar-refractivity contribution in [2.24, 2.45) is 5.92 Å². The Bertz CT molecular complexity index is 520. The minimum Gasteiger partial charge on any atom is -0.326 e. The molecule has 0 heterocycles. The molecule has 0 fully saturated rings. The number of rotatable bonds is 4. The second-order valence-electron chi connectivity index (χ2n) is 5.14. The van der Waals surface area contributed by atoms with E-state index >= 15 is 0 Å². The van der Waals surface area contributed by atoms with Crippen molar-refractivity contribution in [2.75, 3.05) is 17.3 Å². The molecule has 1 N–H and O–H groups in total. The van der Waals surface area contributed by atoms with Crippen LogP contribution < -0.4 is 10.2 Å². The van der Waals surface area contributed by atoms with Crippen molar-refractivity contribution in [1.82, 2.24) is 0 Å². The summed E-state index contributed by atoms with van der Waals surface area (Å²) in [6.07, 6.45) is 6.92. The van der Waals surface area contributed by atoms with Gasteiger partial charge in [-0.05, 0) is 43.0 Å². The lowest BCUT2D eigenvalue weighted by Crippen LogP contribution is -2.22. The Morgan fingerprint density at radius 3 is 2.55 bits per heavy atom. The average Bonchev–Trinajstić information content (AvgIpc) is 2.91. The summed E-state index contributed by atoms with van der Waals surface area (Å²) in [5, 5.41) is 2.89. The average molecular weight is 272 g/mol. The maximum Gasteiger partial charge on any atom is 0.224 e. The van der Waals surface area contributed by atoms with Crippen molar-refractivity contribution < 1.29 is 9.59 Å². The van der Waals surface area contributed by atoms with Crippen LogP contribution in [-0.2, 0) is 9.59 Å². The summed E-state index contributed by atoms with van der Waals surface area (Å²) < 4.78 is 0. The Morgan fingerprint density at radius 1 is 1.30 bits per heavy atom. The van der Waals surface area contributed by atoms with E-state index in [0.717, 1.165) is 24.2 Å². The second-order valence-corrected chi connectivity index (χ2v) is 5.14. The Labute approximate surface area is 119 Å². The number of carbonyl (C=O) groups is 2. The number of benzene rings is 1. The molecule has 20 heavy (non-hydrogen) atoms. The van der Waals surface area contributed by atoms with Crippen molar-refractivity contribution in [3.63, 3.8) is 0 Å². The second kappa shape index (κ2) is 6.37. The smallest absolute Gasteiger partial charge is 0.224 e. The first-order chi connectivity index (χ1) is 9.56. The van der Waals surface area contributed by atoms with E-state index in [-0.39, 0.29) is 11.8 Å². The fourth-order valence-corrected chi connectivity index (χ4v) is 2.27. The summed E-state index contributed by atoms with van der Waals surface area (Å²) in [6, 6.07) is 7.29. The van der Waals surface area contributed by atoms with E-state index in [1.54, 1.807) is 11.9 Å². The van der Waals surface area contributed by atoms with Crippen molar-refractivity contribution >= 4 is 23.2 Å². The predicted molar refractivity (Wildman–Crippen MR) is 80.6 cm³/mol. The molecule has 0 bridgehead atoms. The monoisotopic (exact) mass is 272 g/mol. The quantitative estimate of drug-likeness (QED) is 0.857. The molecule has 0 aliphatic heterocycles. The molecule has 0 saturated heterocycles. The van der Waals surface area contributed by atoms with Crippen LogP contribution >= 0.6 is 0 Å². The molecule has 0 radical (unpaired) electrons. The molecule has 4 nitrogen and oxygen atoms in total. The van der Waals surface area contributed by atoms with Gasteiger partial charge in [0.05, 0.1) is 0 Å². The summed E-state index contributed by atoms with van der Waals surface area (Å²) in [5.74, 6) is 0.391. The molecular formula is C16H20N2O2. The lowest BCUT2D eigenvalue weighted by molar-refractivity contribution is -0.117. The van der Waals surface area contributed by atoms with Crippen LogP contribution in [0.4, 0.5) is 11.4 Å². The first-order valence-corrected chi connectivity index (χ1v) is 6.87. The molecule has 4 heteroatoms. The van der Waals surface area contributed by atoms with E-state index in [2.05, 4.69) is 17.5 Å². The molecule has 0 unspecified atom stereocenters. The first kappa shape index (κ1) is 14.3. The first-order valence-electron chi connectivity index (χ1n) is 6.87. The van der Waals surface area contributed by atoms with Gasteiger partial charge in [-0.25, -0.2) is 0 Å². The van der Waals surface area contributed by atoms with Crippen LogP contribution in [-0.4, -0.2) is 18.9 Å². The zero-order valence-corrected chi connectivity index (χ0v) is 11.9. The van der Waals surface area contributed by atoms with Crippen molar-refractivity contribution in [3.05, 3.63) is 36.4 Å². The summed E-state index contributed by atoms with van der Waals surface area (Å²) in [6.45, 7) is 1.52. The third-order valence-electron chi connectivity index (χ3n) is 3.57. The van der Waals surface area contributed by atoms with Gasteiger partial charge >= 0.3 is 0 Å². The van der Waals surface area contributed by atoms with Crippen molar-refractivity contribution in [3.8, 4) is 0 Å². The number of nitrogens with zero attached hydrogens (tertiary/aromatic N) is 1. The van der Waals surface area contributed by atoms with E-state index in [1.807, 2.05) is 24.3 Å². The molecule has 2 amide bonds. The Morgan fingerprint density at radius 2 is 2.00 bits per heavy atom. The highest BCUT2D eigenvalue weighted by molar-refractivity contribution is 5.93. The molecule has 0 spiro atoms. The number of allylic oxidation sites excluding steroid dienone is 2. The van der Waals surface area contributed by atoms with E-state index in [4.69, 9.17) is 0 Å². The molecule has 1 aliphatic rings. The van der Waals surface area contributed by atoms with E-state index < -0.39 is 0 Å². The highest BCUT2D eigenvalue weighted by Gasteiger charge is 2.14. The van der Waals surface area contributed by atoms with Gasteiger partial charge in [-0.15, -0.1) is 0 Å². The van der Waals surface area contributed by atoms with Crippen LogP contribution in [0.2, 0.25) is 0 Å². The predicted octanol–water partition coefficient (Wildman–Crippen LogP) is 2.96. The molecule has 2 rings (SSSR count). The molecule has 0 saturated carbocycles.